The molecule has 158 valence electrons. The molecule has 0 saturated heterocycles. The van der Waals surface area contributed by atoms with Crippen molar-refractivity contribution >= 4 is 16.8 Å². The molecule has 0 N–H and O–H groups in total. The first-order valence-electron chi connectivity index (χ1n) is 10.7. The Morgan fingerprint density at radius 1 is 1.07 bits per heavy atom. The fourth-order valence-corrected chi connectivity index (χ4v) is 3.89. The predicted octanol–water partition coefficient (Wildman–Crippen LogP) is 4.96. The lowest BCUT2D eigenvalue weighted by Crippen LogP contribution is -2.40. The summed E-state index contributed by atoms with van der Waals surface area (Å²) in [5, 5.41) is 0.576. The lowest BCUT2D eigenvalue weighted by atomic mass is 10.1. The highest BCUT2D eigenvalue weighted by atomic mass is 16.2. The van der Waals surface area contributed by atoms with Gasteiger partial charge in [0.05, 0.1) is 22.6 Å². The third-order valence-electron chi connectivity index (χ3n) is 5.73. The van der Waals surface area contributed by atoms with Crippen LogP contribution in [0.1, 0.15) is 57.1 Å². The number of carbonyl (C=O) groups excluding carboxylic acids is 1. The molecule has 3 aromatic rings. The number of aromatic nitrogens is 2. The number of benzene rings is 2. The van der Waals surface area contributed by atoms with Crippen LogP contribution in [0.5, 0.6) is 0 Å². The molecule has 0 aliphatic rings. The zero-order valence-electron chi connectivity index (χ0n) is 18.8. The Bertz CT molecular complexity index is 1130. The molecule has 2 aromatic carbocycles. The molecule has 1 heterocycles. The summed E-state index contributed by atoms with van der Waals surface area (Å²) in [5.41, 5.74) is 3.61. The molecule has 0 bridgehead atoms. The number of hydrogen-bond donors (Lipinski definition) is 0. The highest BCUT2D eigenvalue weighted by Crippen LogP contribution is 2.27. The van der Waals surface area contributed by atoms with Crippen LogP contribution in [-0.2, 0) is 4.79 Å². The fraction of sp³-hybridized carbons (Fsp3) is 0.400. The molecule has 5 nitrogen and oxygen atoms in total. The van der Waals surface area contributed by atoms with Gasteiger partial charge < -0.3 is 4.90 Å². The first-order chi connectivity index (χ1) is 14.3. The summed E-state index contributed by atoms with van der Waals surface area (Å²) in [6.45, 7) is 12.5. The normalized spacial score (nSPS) is 12.4. The van der Waals surface area contributed by atoms with Gasteiger partial charge in [-0.15, -0.1) is 0 Å². The van der Waals surface area contributed by atoms with Gasteiger partial charge in [-0.2, -0.15) is 0 Å². The monoisotopic (exact) mass is 405 g/mol. The number of aryl methyl sites for hydroxylation is 2. The van der Waals surface area contributed by atoms with Crippen LogP contribution >= 0.6 is 0 Å². The molecule has 1 unspecified atom stereocenters. The molecule has 1 atom stereocenters. The van der Waals surface area contributed by atoms with Crippen LogP contribution in [0, 0.1) is 19.8 Å². The van der Waals surface area contributed by atoms with E-state index in [2.05, 4.69) is 6.92 Å². The van der Waals surface area contributed by atoms with Crippen LogP contribution in [-0.4, -0.2) is 26.9 Å². The fourth-order valence-electron chi connectivity index (χ4n) is 3.89. The SMILES string of the molecule is CCC(c1nc2ccccc2c(=O)n1-c1ccc(C)c(C)c1)N(CC)C(=O)C(C)C. The second kappa shape index (κ2) is 8.82. The zero-order chi connectivity index (χ0) is 22.0. The summed E-state index contributed by atoms with van der Waals surface area (Å²) in [4.78, 5) is 33.3. The Morgan fingerprint density at radius 2 is 1.77 bits per heavy atom. The molecular weight excluding hydrogens is 374 g/mol. The number of para-hydroxylation sites is 1. The molecular formula is C25H31N3O2. The Kier molecular flexibility index (Phi) is 6.40. The van der Waals surface area contributed by atoms with Gasteiger partial charge >= 0.3 is 0 Å². The van der Waals surface area contributed by atoms with E-state index >= 15 is 0 Å². The van der Waals surface area contributed by atoms with E-state index in [1.54, 1.807) is 4.57 Å². The molecule has 3 rings (SSSR count). The Balaban J connectivity index is 2.35. The van der Waals surface area contributed by atoms with Crippen molar-refractivity contribution in [3.05, 3.63) is 69.8 Å². The van der Waals surface area contributed by atoms with E-state index in [0.717, 1.165) is 11.3 Å². The Hall–Kier alpha value is -2.95. The van der Waals surface area contributed by atoms with Gasteiger partial charge in [0.1, 0.15) is 5.82 Å². The maximum absolute atomic E-state index is 13.6. The van der Waals surface area contributed by atoms with Crippen LogP contribution in [0.2, 0.25) is 0 Å². The van der Waals surface area contributed by atoms with E-state index in [1.165, 1.54) is 5.56 Å². The first kappa shape index (κ1) is 21.8. The van der Waals surface area contributed by atoms with Gasteiger partial charge in [-0.1, -0.05) is 39.0 Å². The van der Waals surface area contributed by atoms with Gasteiger partial charge in [0.25, 0.3) is 5.56 Å². The van der Waals surface area contributed by atoms with Crippen LogP contribution in [0.25, 0.3) is 16.6 Å². The molecule has 0 fully saturated rings. The van der Waals surface area contributed by atoms with Gasteiger partial charge in [0, 0.05) is 12.5 Å². The summed E-state index contributed by atoms with van der Waals surface area (Å²) in [7, 11) is 0. The number of rotatable bonds is 6. The van der Waals surface area contributed by atoms with E-state index in [9.17, 15) is 9.59 Å². The molecule has 0 aliphatic heterocycles. The molecule has 1 aromatic heterocycles. The van der Waals surface area contributed by atoms with Gasteiger partial charge in [0.15, 0.2) is 0 Å². The van der Waals surface area contributed by atoms with Crippen LogP contribution in [0.3, 0.4) is 0 Å². The molecule has 1 amide bonds. The smallest absolute Gasteiger partial charge is 0.266 e. The zero-order valence-corrected chi connectivity index (χ0v) is 18.8. The molecule has 0 saturated carbocycles. The number of carbonyl (C=O) groups is 1. The number of nitrogens with zero attached hydrogens (tertiary/aromatic N) is 3. The lowest BCUT2D eigenvalue weighted by molar-refractivity contribution is -0.137. The molecule has 0 spiro atoms. The average Bonchev–Trinajstić information content (AvgIpc) is 2.73. The molecule has 5 heteroatoms. The number of hydrogen-bond acceptors (Lipinski definition) is 3. The van der Waals surface area contributed by atoms with Crippen molar-refractivity contribution in [1.29, 1.82) is 0 Å². The average molecular weight is 406 g/mol. The number of amides is 1. The highest BCUT2D eigenvalue weighted by molar-refractivity contribution is 5.79. The summed E-state index contributed by atoms with van der Waals surface area (Å²) in [6, 6.07) is 13.1. The summed E-state index contributed by atoms with van der Waals surface area (Å²) in [5.74, 6) is 0.556. The van der Waals surface area contributed by atoms with E-state index in [-0.39, 0.29) is 23.4 Å². The van der Waals surface area contributed by atoms with Crippen molar-refractivity contribution in [2.24, 2.45) is 5.92 Å². The largest absolute Gasteiger partial charge is 0.333 e. The second-order valence-electron chi connectivity index (χ2n) is 8.10. The van der Waals surface area contributed by atoms with Crippen molar-refractivity contribution in [1.82, 2.24) is 14.5 Å². The van der Waals surface area contributed by atoms with Gasteiger partial charge in [-0.3, -0.25) is 14.2 Å². The second-order valence-corrected chi connectivity index (χ2v) is 8.10. The minimum Gasteiger partial charge on any atom is -0.333 e. The third-order valence-corrected chi connectivity index (χ3v) is 5.73. The minimum absolute atomic E-state index is 0.0680. The standard InChI is InChI=1S/C25H31N3O2/c1-7-22(27(8-2)24(29)16(3)4)23-26-21-12-10-9-11-20(21)25(30)28(23)19-14-13-17(5)18(6)15-19/h9-16,22H,7-8H2,1-6H3. The van der Waals surface area contributed by atoms with E-state index in [1.807, 2.05) is 82.0 Å². The van der Waals surface area contributed by atoms with Crippen molar-refractivity contribution in [2.75, 3.05) is 6.54 Å². The summed E-state index contributed by atoms with van der Waals surface area (Å²) in [6.07, 6.45) is 0.669. The maximum atomic E-state index is 13.6. The Morgan fingerprint density at radius 3 is 2.37 bits per heavy atom. The van der Waals surface area contributed by atoms with Gasteiger partial charge in [-0.25, -0.2) is 4.98 Å². The van der Waals surface area contributed by atoms with E-state index in [0.29, 0.717) is 29.7 Å². The molecule has 30 heavy (non-hydrogen) atoms. The maximum Gasteiger partial charge on any atom is 0.266 e. The summed E-state index contributed by atoms with van der Waals surface area (Å²) >= 11 is 0. The van der Waals surface area contributed by atoms with Crippen molar-refractivity contribution in [2.45, 2.75) is 54.0 Å². The Labute approximate surface area is 178 Å². The topological polar surface area (TPSA) is 55.2 Å². The lowest BCUT2D eigenvalue weighted by Gasteiger charge is -2.32. The first-order valence-corrected chi connectivity index (χ1v) is 10.7. The van der Waals surface area contributed by atoms with Crippen molar-refractivity contribution in [3.63, 3.8) is 0 Å². The minimum atomic E-state index is -0.288. The highest BCUT2D eigenvalue weighted by Gasteiger charge is 2.29. The predicted molar refractivity (Wildman–Crippen MR) is 122 cm³/mol. The van der Waals surface area contributed by atoms with Crippen LogP contribution in [0.15, 0.2) is 47.3 Å². The summed E-state index contributed by atoms with van der Waals surface area (Å²) < 4.78 is 1.69. The van der Waals surface area contributed by atoms with E-state index < -0.39 is 0 Å². The van der Waals surface area contributed by atoms with Crippen molar-refractivity contribution in [3.8, 4) is 5.69 Å². The van der Waals surface area contributed by atoms with Crippen molar-refractivity contribution < 1.29 is 4.79 Å². The molecule has 0 aliphatic carbocycles. The van der Waals surface area contributed by atoms with Crippen LogP contribution in [0.4, 0.5) is 0 Å². The molecule has 0 radical (unpaired) electrons. The van der Waals surface area contributed by atoms with Gasteiger partial charge in [0.2, 0.25) is 5.91 Å². The third kappa shape index (κ3) is 3.89. The van der Waals surface area contributed by atoms with Gasteiger partial charge in [-0.05, 0) is 62.6 Å². The van der Waals surface area contributed by atoms with Crippen LogP contribution < -0.4 is 5.56 Å². The number of fused-ring (bicyclic) bond motifs is 1. The quantitative estimate of drug-likeness (QED) is 0.582. The van der Waals surface area contributed by atoms with E-state index in [4.69, 9.17) is 4.98 Å².